The molecular formula is C25H46O9. The molecule has 0 aromatic heterocycles. The van der Waals surface area contributed by atoms with Crippen molar-refractivity contribution in [1.82, 2.24) is 0 Å². The number of hydrogen-bond acceptors (Lipinski definition) is 8. The van der Waals surface area contributed by atoms with Gasteiger partial charge in [-0.25, -0.2) is 0 Å². The van der Waals surface area contributed by atoms with Gasteiger partial charge in [0.1, 0.15) is 30.5 Å². The van der Waals surface area contributed by atoms with Crippen LogP contribution in [0.4, 0.5) is 0 Å². The molecule has 1 fully saturated rings. The van der Waals surface area contributed by atoms with E-state index in [0.717, 1.165) is 57.8 Å². The zero-order chi connectivity index (χ0) is 25.7. The van der Waals surface area contributed by atoms with Crippen LogP contribution in [0.5, 0.6) is 0 Å². The molecule has 1 aliphatic rings. The van der Waals surface area contributed by atoms with E-state index >= 15 is 0 Å². The van der Waals surface area contributed by atoms with Gasteiger partial charge < -0.3 is 35.4 Å². The van der Waals surface area contributed by atoms with Gasteiger partial charge in [-0.3, -0.25) is 9.59 Å². The summed E-state index contributed by atoms with van der Waals surface area (Å²) in [7, 11) is 0. The van der Waals surface area contributed by atoms with Crippen LogP contribution >= 0.6 is 0 Å². The Morgan fingerprint density at radius 3 is 1.85 bits per heavy atom. The third-order valence-corrected chi connectivity index (χ3v) is 6.95. The van der Waals surface area contributed by atoms with Gasteiger partial charge in [-0.05, 0) is 12.8 Å². The zero-order valence-electron chi connectivity index (χ0n) is 20.8. The van der Waals surface area contributed by atoms with E-state index in [-0.39, 0.29) is 12.8 Å². The maximum atomic E-state index is 13.5. The van der Waals surface area contributed by atoms with Crippen LogP contribution in [0, 0.1) is 5.41 Å². The molecule has 1 heterocycles. The first-order valence-electron chi connectivity index (χ1n) is 13.0. The molecule has 4 unspecified atom stereocenters. The fourth-order valence-electron chi connectivity index (χ4n) is 4.76. The Bertz CT molecular complexity index is 599. The minimum atomic E-state index is -2.67. The third kappa shape index (κ3) is 7.96. The van der Waals surface area contributed by atoms with Crippen LogP contribution in [0.1, 0.15) is 97.3 Å². The average molecular weight is 491 g/mol. The Hall–Kier alpha value is -1.10. The van der Waals surface area contributed by atoms with Gasteiger partial charge in [0.15, 0.2) is 11.2 Å². The van der Waals surface area contributed by atoms with Crippen LogP contribution in [0.15, 0.2) is 0 Å². The number of carbonyl (C=O) groups is 2. The molecule has 0 spiro atoms. The molecule has 0 saturated carbocycles. The molecule has 0 aromatic carbocycles. The highest BCUT2D eigenvalue weighted by molar-refractivity contribution is 6.06. The number of aliphatic hydroxyl groups is 5. The summed E-state index contributed by atoms with van der Waals surface area (Å²) in [4.78, 5) is 26.1. The lowest BCUT2D eigenvalue weighted by molar-refractivity contribution is -0.237. The number of rotatable bonds is 18. The minimum absolute atomic E-state index is 0.0250. The smallest absolute Gasteiger partial charge is 0.322 e. The van der Waals surface area contributed by atoms with Crippen LogP contribution in [0.2, 0.25) is 0 Å². The zero-order valence-corrected chi connectivity index (χ0v) is 20.8. The molecule has 1 saturated heterocycles. The molecule has 0 bridgehead atoms. The van der Waals surface area contributed by atoms with E-state index < -0.39 is 60.4 Å². The van der Waals surface area contributed by atoms with Crippen LogP contribution in [0.25, 0.3) is 0 Å². The fourth-order valence-corrected chi connectivity index (χ4v) is 4.76. The molecule has 0 aliphatic carbocycles. The molecule has 34 heavy (non-hydrogen) atoms. The predicted molar refractivity (Wildman–Crippen MR) is 126 cm³/mol. The number of unbranched alkanes of at least 4 members (excludes halogenated alkanes) is 9. The summed E-state index contributed by atoms with van der Waals surface area (Å²) in [6, 6.07) is 0. The number of carbonyl (C=O) groups excluding carboxylic acids is 1. The molecule has 200 valence electrons. The minimum Gasteiger partial charge on any atom is -0.480 e. The number of hydrogen-bond donors (Lipinski definition) is 6. The first kappa shape index (κ1) is 30.9. The largest absolute Gasteiger partial charge is 0.480 e. The maximum Gasteiger partial charge on any atom is 0.322 e. The van der Waals surface area contributed by atoms with Crippen LogP contribution < -0.4 is 0 Å². The lowest BCUT2D eigenvalue weighted by Gasteiger charge is -2.46. The maximum absolute atomic E-state index is 13.5. The first-order chi connectivity index (χ1) is 16.2. The number of aliphatic hydroxyl groups excluding tert-OH is 5. The lowest BCUT2D eigenvalue weighted by Crippen LogP contribution is -2.68. The van der Waals surface area contributed by atoms with E-state index in [4.69, 9.17) is 4.74 Å². The molecule has 6 N–H and O–H groups in total. The summed E-state index contributed by atoms with van der Waals surface area (Å²) in [5.41, 5.74) is -2.67. The van der Waals surface area contributed by atoms with E-state index in [2.05, 4.69) is 13.8 Å². The Morgan fingerprint density at radius 2 is 1.32 bits per heavy atom. The third-order valence-electron chi connectivity index (χ3n) is 6.95. The number of Topliss-reactive ketones (excluding diaryl/α,β-unsaturated/α-hetero) is 1. The van der Waals surface area contributed by atoms with Gasteiger partial charge in [0, 0.05) is 0 Å². The summed E-state index contributed by atoms with van der Waals surface area (Å²) in [6.45, 7) is 3.64. The Kier molecular flexibility index (Phi) is 14.4. The molecule has 0 aromatic rings. The van der Waals surface area contributed by atoms with Crippen molar-refractivity contribution < 1.29 is 45.0 Å². The highest BCUT2D eigenvalue weighted by atomic mass is 16.5. The molecule has 0 radical (unpaired) electrons. The summed E-state index contributed by atoms with van der Waals surface area (Å²) >= 11 is 0. The van der Waals surface area contributed by atoms with E-state index in [0.29, 0.717) is 12.8 Å². The number of ketones is 1. The summed E-state index contributed by atoms with van der Waals surface area (Å²) in [5.74, 6) is -2.87. The van der Waals surface area contributed by atoms with Gasteiger partial charge in [-0.2, -0.15) is 0 Å². The number of ether oxygens (including phenoxy) is 1. The fraction of sp³-hybridized carbons (Fsp3) is 0.920. The number of aliphatic carboxylic acids is 1. The molecular weight excluding hydrogens is 444 g/mol. The van der Waals surface area contributed by atoms with Crippen molar-refractivity contribution in [3.63, 3.8) is 0 Å². The van der Waals surface area contributed by atoms with E-state index in [1.54, 1.807) is 0 Å². The van der Waals surface area contributed by atoms with Crippen molar-refractivity contribution in [1.29, 1.82) is 0 Å². The van der Waals surface area contributed by atoms with Gasteiger partial charge >= 0.3 is 5.97 Å². The van der Waals surface area contributed by atoms with E-state index in [1.165, 1.54) is 0 Å². The van der Waals surface area contributed by atoms with Crippen LogP contribution in [-0.2, 0) is 14.3 Å². The predicted octanol–water partition coefficient (Wildman–Crippen LogP) is 1.94. The van der Waals surface area contributed by atoms with Gasteiger partial charge in [0.25, 0.3) is 0 Å². The van der Waals surface area contributed by atoms with Crippen LogP contribution in [0.3, 0.4) is 0 Å². The molecule has 9 heteroatoms. The van der Waals surface area contributed by atoms with Crippen molar-refractivity contribution in [3.8, 4) is 0 Å². The number of carboxylic acids is 1. The topological polar surface area (TPSA) is 165 Å². The quantitative estimate of drug-likeness (QED) is 0.124. The van der Waals surface area contributed by atoms with Crippen molar-refractivity contribution in [2.75, 3.05) is 6.61 Å². The normalized spacial score (nSPS) is 26.6. The summed E-state index contributed by atoms with van der Waals surface area (Å²) in [5, 5.41) is 62.4. The van der Waals surface area contributed by atoms with Crippen molar-refractivity contribution in [2.24, 2.45) is 5.41 Å². The second-order valence-electron chi connectivity index (χ2n) is 9.63. The van der Waals surface area contributed by atoms with E-state index in [9.17, 15) is 40.2 Å². The number of carboxylic acid groups (broad SMARTS) is 1. The Labute approximate surface area is 203 Å². The second kappa shape index (κ2) is 15.8. The Morgan fingerprint density at radius 1 is 0.824 bits per heavy atom. The molecule has 1 aliphatic heterocycles. The van der Waals surface area contributed by atoms with Gasteiger partial charge in [0.05, 0.1) is 12.7 Å². The molecule has 9 nitrogen and oxygen atoms in total. The van der Waals surface area contributed by atoms with Gasteiger partial charge in [0.2, 0.25) is 0 Å². The summed E-state index contributed by atoms with van der Waals surface area (Å²) < 4.78 is 5.37. The van der Waals surface area contributed by atoms with Crippen molar-refractivity contribution in [2.45, 2.75) is 134 Å². The first-order valence-corrected chi connectivity index (χ1v) is 13.0. The van der Waals surface area contributed by atoms with Crippen molar-refractivity contribution in [3.05, 3.63) is 0 Å². The Balaban J connectivity index is 3.10. The van der Waals surface area contributed by atoms with Gasteiger partial charge in [-0.1, -0.05) is 84.5 Å². The summed E-state index contributed by atoms with van der Waals surface area (Å²) in [6.07, 6.45) is -0.893. The van der Waals surface area contributed by atoms with Gasteiger partial charge in [-0.15, -0.1) is 0 Å². The van der Waals surface area contributed by atoms with Crippen LogP contribution in [-0.4, -0.2) is 85.6 Å². The van der Waals surface area contributed by atoms with E-state index in [1.807, 2.05) is 0 Å². The molecule has 0 amide bonds. The highest BCUT2D eigenvalue weighted by Crippen LogP contribution is 2.40. The molecule has 1 rings (SSSR count). The highest BCUT2D eigenvalue weighted by Gasteiger charge is 2.63. The average Bonchev–Trinajstić information content (AvgIpc) is 2.80. The SMILES string of the molecule is CCCCCCCCC(O)C(=O)C(C(=O)O)(C(O)CCCCCCC)C1OC[C@@H](O)[C@H](O)[C@H]1O. The second-order valence-corrected chi connectivity index (χ2v) is 9.63. The monoisotopic (exact) mass is 490 g/mol. The lowest BCUT2D eigenvalue weighted by atomic mass is 9.66. The van der Waals surface area contributed by atoms with Crippen molar-refractivity contribution >= 4 is 11.8 Å². The molecule has 7 atom stereocenters. The standard InChI is InChI=1S/C25H46O9/c1-3-5-7-9-11-12-14-17(26)22(31)25(24(32)33,19(28)15-13-10-8-6-4-2)23-21(30)20(29)18(27)16-34-23/h17-21,23,26-30H,3-16H2,1-2H3,(H,32,33)/t17?,18-,19?,20+,21-,23?,25?/m1/s1.